The van der Waals surface area contributed by atoms with Crippen LogP contribution in [0.25, 0.3) is 0 Å². The van der Waals surface area contributed by atoms with E-state index in [0.717, 1.165) is 6.07 Å². The highest BCUT2D eigenvalue weighted by molar-refractivity contribution is 5.32. The van der Waals surface area contributed by atoms with Crippen molar-refractivity contribution in [1.29, 1.82) is 0 Å². The quantitative estimate of drug-likeness (QED) is 0.803. The molecule has 0 spiro atoms. The Labute approximate surface area is 96.1 Å². The van der Waals surface area contributed by atoms with Crippen molar-refractivity contribution in [2.45, 2.75) is 12.6 Å². The first-order chi connectivity index (χ1) is 8.07. The number of halogens is 3. The molecular formula is C12H9F3N2. The first-order valence-corrected chi connectivity index (χ1v) is 4.99. The van der Waals surface area contributed by atoms with Gasteiger partial charge in [-0.2, -0.15) is 23.4 Å². The first-order valence-electron chi connectivity index (χ1n) is 4.99. The fourth-order valence-corrected chi connectivity index (χ4v) is 1.57. The normalized spacial score (nSPS) is 11.5. The lowest BCUT2D eigenvalue weighted by molar-refractivity contribution is -0.138. The molecule has 88 valence electrons. The van der Waals surface area contributed by atoms with Crippen molar-refractivity contribution in [2.24, 2.45) is 0 Å². The summed E-state index contributed by atoms with van der Waals surface area (Å²) in [5, 5.41) is 7.42. The van der Waals surface area contributed by atoms with Crippen molar-refractivity contribution in [2.75, 3.05) is 0 Å². The topological polar surface area (TPSA) is 25.8 Å². The predicted octanol–water partition coefficient (Wildman–Crippen LogP) is 3.09. The van der Waals surface area contributed by atoms with Crippen LogP contribution >= 0.6 is 0 Å². The third-order valence-electron chi connectivity index (χ3n) is 2.32. The molecule has 0 saturated carbocycles. The second-order valence-corrected chi connectivity index (χ2v) is 3.55. The minimum atomic E-state index is -4.33. The molecule has 0 radical (unpaired) electrons. The molecule has 1 aromatic heterocycles. The SMILES string of the molecule is FC(F)(F)c1ccccc1Cc1cccnn1. The van der Waals surface area contributed by atoms with Crippen LogP contribution in [0.5, 0.6) is 0 Å². The highest BCUT2D eigenvalue weighted by Gasteiger charge is 2.32. The van der Waals surface area contributed by atoms with E-state index < -0.39 is 11.7 Å². The van der Waals surface area contributed by atoms with E-state index in [9.17, 15) is 13.2 Å². The Kier molecular flexibility index (Phi) is 3.08. The summed E-state index contributed by atoms with van der Waals surface area (Å²) in [4.78, 5) is 0. The zero-order chi connectivity index (χ0) is 12.3. The second-order valence-electron chi connectivity index (χ2n) is 3.55. The highest BCUT2D eigenvalue weighted by atomic mass is 19.4. The number of hydrogen-bond donors (Lipinski definition) is 0. The molecule has 17 heavy (non-hydrogen) atoms. The van der Waals surface area contributed by atoms with Crippen LogP contribution < -0.4 is 0 Å². The summed E-state index contributed by atoms with van der Waals surface area (Å²) in [6.07, 6.45) is -2.72. The molecular weight excluding hydrogens is 229 g/mol. The largest absolute Gasteiger partial charge is 0.416 e. The molecule has 0 aliphatic carbocycles. The number of rotatable bonds is 2. The fraction of sp³-hybridized carbons (Fsp3) is 0.167. The summed E-state index contributed by atoms with van der Waals surface area (Å²) >= 11 is 0. The molecule has 2 rings (SSSR count). The van der Waals surface area contributed by atoms with E-state index in [-0.39, 0.29) is 12.0 Å². The molecule has 5 heteroatoms. The van der Waals surface area contributed by atoms with Gasteiger partial charge in [0.1, 0.15) is 0 Å². The van der Waals surface area contributed by atoms with Crippen molar-refractivity contribution in [1.82, 2.24) is 10.2 Å². The van der Waals surface area contributed by atoms with Gasteiger partial charge in [0.05, 0.1) is 11.3 Å². The monoisotopic (exact) mass is 238 g/mol. The van der Waals surface area contributed by atoms with E-state index in [4.69, 9.17) is 0 Å². The third kappa shape index (κ3) is 2.81. The minimum Gasteiger partial charge on any atom is -0.166 e. The Hall–Kier alpha value is -1.91. The molecule has 1 aromatic carbocycles. The van der Waals surface area contributed by atoms with Crippen molar-refractivity contribution in [3.05, 3.63) is 59.4 Å². The fourth-order valence-electron chi connectivity index (χ4n) is 1.57. The van der Waals surface area contributed by atoms with Gasteiger partial charge in [0.2, 0.25) is 0 Å². The maximum absolute atomic E-state index is 12.7. The van der Waals surface area contributed by atoms with E-state index in [2.05, 4.69) is 10.2 Å². The van der Waals surface area contributed by atoms with Crippen LogP contribution in [0.3, 0.4) is 0 Å². The number of hydrogen-bond acceptors (Lipinski definition) is 2. The Morgan fingerprint density at radius 2 is 1.76 bits per heavy atom. The maximum Gasteiger partial charge on any atom is 0.416 e. The van der Waals surface area contributed by atoms with Crippen molar-refractivity contribution < 1.29 is 13.2 Å². The lowest BCUT2D eigenvalue weighted by Crippen LogP contribution is -2.09. The van der Waals surface area contributed by atoms with Crippen molar-refractivity contribution in [3.8, 4) is 0 Å². The Balaban J connectivity index is 2.34. The van der Waals surface area contributed by atoms with Crippen LogP contribution in [0.2, 0.25) is 0 Å². The van der Waals surface area contributed by atoms with E-state index in [1.54, 1.807) is 18.2 Å². The van der Waals surface area contributed by atoms with Gasteiger partial charge in [0.25, 0.3) is 0 Å². The second kappa shape index (κ2) is 4.53. The van der Waals surface area contributed by atoms with Gasteiger partial charge < -0.3 is 0 Å². The molecule has 1 heterocycles. The van der Waals surface area contributed by atoms with Crippen LogP contribution in [-0.2, 0) is 12.6 Å². The van der Waals surface area contributed by atoms with E-state index in [1.165, 1.54) is 18.3 Å². The minimum absolute atomic E-state index is 0.128. The van der Waals surface area contributed by atoms with Crippen molar-refractivity contribution in [3.63, 3.8) is 0 Å². The molecule has 2 nitrogen and oxygen atoms in total. The standard InChI is InChI=1S/C12H9F3N2/c13-12(14,15)11-6-2-1-4-9(11)8-10-5-3-7-16-17-10/h1-7H,8H2. The Bertz CT molecular complexity index is 495. The molecule has 0 saturated heterocycles. The van der Waals surface area contributed by atoms with Gasteiger partial charge in [0.15, 0.2) is 0 Å². The summed E-state index contributed by atoms with van der Waals surface area (Å²) in [5.41, 5.74) is 0.107. The molecule has 0 unspecified atom stereocenters. The van der Waals surface area contributed by atoms with Gasteiger partial charge in [0, 0.05) is 12.6 Å². The highest BCUT2D eigenvalue weighted by Crippen LogP contribution is 2.32. The third-order valence-corrected chi connectivity index (χ3v) is 2.32. The van der Waals surface area contributed by atoms with Crippen LogP contribution in [0.15, 0.2) is 42.6 Å². The number of aromatic nitrogens is 2. The Morgan fingerprint density at radius 1 is 1.00 bits per heavy atom. The molecule has 0 aliphatic rings. The first kappa shape index (κ1) is 11.6. The van der Waals surface area contributed by atoms with Gasteiger partial charge in [-0.1, -0.05) is 18.2 Å². The van der Waals surface area contributed by atoms with Gasteiger partial charge in [-0.25, -0.2) is 0 Å². The van der Waals surface area contributed by atoms with E-state index >= 15 is 0 Å². The summed E-state index contributed by atoms with van der Waals surface area (Å²) in [6.45, 7) is 0. The summed E-state index contributed by atoms with van der Waals surface area (Å²) < 4.78 is 38.1. The van der Waals surface area contributed by atoms with Gasteiger partial charge in [-0.05, 0) is 23.8 Å². The van der Waals surface area contributed by atoms with Crippen molar-refractivity contribution >= 4 is 0 Å². The zero-order valence-corrected chi connectivity index (χ0v) is 8.78. The number of alkyl halides is 3. The summed E-state index contributed by atoms with van der Waals surface area (Å²) in [5.74, 6) is 0. The molecule has 2 aromatic rings. The Morgan fingerprint density at radius 3 is 2.41 bits per heavy atom. The molecule has 0 amide bonds. The summed E-state index contributed by atoms with van der Waals surface area (Å²) in [7, 11) is 0. The molecule has 0 aliphatic heterocycles. The maximum atomic E-state index is 12.7. The average molecular weight is 238 g/mol. The van der Waals surface area contributed by atoms with E-state index in [0.29, 0.717) is 5.69 Å². The van der Waals surface area contributed by atoms with Crippen LogP contribution in [0, 0.1) is 0 Å². The van der Waals surface area contributed by atoms with Gasteiger partial charge in [-0.3, -0.25) is 0 Å². The van der Waals surface area contributed by atoms with Gasteiger partial charge >= 0.3 is 6.18 Å². The lowest BCUT2D eigenvalue weighted by atomic mass is 10.0. The average Bonchev–Trinajstić information content (AvgIpc) is 2.30. The molecule has 0 N–H and O–H groups in total. The lowest BCUT2D eigenvalue weighted by Gasteiger charge is -2.11. The van der Waals surface area contributed by atoms with E-state index in [1.807, 2.05) is 0 Å². The molecule has 0 bridgehead atoms. The number of nitrogens with zero attached hydrogens (tertiary/aromatic N) is 2. The number of benzene rings is 1. The molecule has 0 atom stereocenters. The summed E-state index contributed by atoms with van der Waals surface area (Å²) in [6, 6.07) is 8.80. The van der Waals surface area contributed by atoms with Crippen LogP contribution in [0.4, 0.5) is 13.2 Å². The van der Waals surface area contributed by atoms with Crippen LogP contribution in [-0.4, -0.2) is 10.2 Å². The molecule has 0 fully saturated rings. The smallest absolute Gasteiger partial charge is 0.166 e. The predicted molar refractivity (Wildman–Crippen MR) is 56.3 cm³/mol. The van der Waals surface area contributed by atoms with Gasteiger partial charge in [-0.15, -0.1) is 0 Å². The zero-order valence-electron chi connectivity index (χ0n) is 8.78. The van der Waals surface area contributed by atoms with Crippen LogP contribution in [0.1, 0.15) is 16.8 Å².